The Bertz CT molecular complexity index is 3090. The normalized spacial score (nSPS) is 22.0. The Hall–Kier alpha value is -7.42. The van der Waals surface area contributed by atoms with Gasteiger partial charge in [-0.25, -0.2) is 23.8 Å². The number of esters is 1. The molecule has 1 aliphatic carbocycles. The van der Waals surface area contributed by atoms with Gasteiger partial charge in [0.15, 0.2) is 12.2 Å². The lowest BCUT2D eigenvalue weighted by molar-refractivity contribution is -0.271. The Balaban J connectivity index is 1.01. The highest BCUT2D eigenvalue weighted by molar-refractivity contribution is 5.99. The number of aliphatic hydroxyl groups is 4. The number of carboxylic acid groups (broad SMARTS) is 1. The minimum absolute atomic E-state index is 0.00286. The Morgan fingerprint density at radius 1 is 0.921 bits per heavy atom. The van der Waals surface area contributed by atoms with Crippen LogP contribution in [-0.2, 0) is 73.9 Å². The van der Waals surface area contributed by atoms with Crippen LogP contribution in [-0.4, -0.2) is 133 Å². The number of aromatic nitrogens is 2. The van der Waals surface area contributed by atoms with E-state index < -0.39 is 115 Å². The van der Waals surface area contributed by atoms with Gasteiger partial charge in [0.1, 0.15) is 61.0 Å². The van der Waals surface area contributed by atoms with Crippen molar-refractivity contribution in [2.24, 2.45) is 5.92 Å². The van der Waals surface area contributed by atoms with Gasteiger partial charge in [0.25, 0.3) is 5.56 Å². The molecule has 4 aromatic rings. The number of Topliss-reactive ketones (excluding diaryl/α,β-unsaturated/α-hetero) is 1. The number of carboxylic acids is 1. The minimum atomic E-state index is -2.07. The number of halogens is 1. The molecule has 2 aromatic heterocycles. The van der Waals surface area contributed by atoms with Crippen LogP contribution in [0.3, 0.4) is 0 Å². The second-order valence-electron chi connectivity index (χ2n) is 19.4. The lowest BCUT2D eigenvalue weighted by Gasteiger charge is -2.38. The van der Waals surface area contributed by atoms with Crippen molar-refractivity contribution in [3.05, 3.63) is 85.4 Å². The van der Waals surface area contributed by atoms with Crippen LogP contribution in [0.4, 0.5) is 14.9 Å². The van der Waals surface area contributed by atoms with Gasteiger partial charge >= 0.3 is 18.0 Å². The SMILES string of the molecule is CC(=O)CCOCCC(=O)N[C@H](C(=O)N[C@@H](C)C(=O)Nc1ccc(COC(=O)N[C@H]2CCc3c(C)c(F)cc4nc5c(c2c34)Cn2c-5cc3c(c2=O)COC(=O)C3O)cc1O[C@@H]1O[C@H](C(=O)O)[C@@H](O)[C@H](O)[C@H]1O)C(C)C. The highest BCUT2D eigenvalue weighted by Gasteiger charge is 2.48. The molecular weight excluding hydrogens is 1000 g/mol. The van der Waals surface area contributed by atoms with E-state index in [-0.39, 0.29) is 96.4 Å². The monoisotopic (exact) mass is 1060 g/mol. The van der Waals surface area contributed by atoms with Crippen LogP contribution in [0.1, 0.15) is 98.0 Å². The quantitative estimate of drug-likeness (QED) is 0.0438. The zero-order valence-electron chi connectivity index (χ0n) is 41.8. The maximum atomic E-state index is 15.4. The molecule has 0 bridgehead atoms. The number of cyclic esters (lactones) is 1. The lowest BCUT2D eigenvalue weighted by atomic mass is 9.82. The summed E-state index contributed by atoms with van der Waals surface area (Å²) in [4.78, 5) is 108. The van der Waals surface area contributed by atoms with Gasteiger partial charge in [0.05, 0.1) is 54.0 Å². The predicted octanol–water partition coefficient (Wildman–Crippen LogP) is 1.12. The first-order valence-corrected chi connectivity index (χ1v) is 24.4. The summed E-state index contributed by atoms with van der Waals surface area (Å²) in [6.07, 6.45) is -12.2. The van der Waals surface area contributed by atoms with Crippen LogP contribution >= 0.6 is 0 Å². The standard InChI is InChI=1S/C51H57FN6O18/c1-20(2)38(57-35(60)11-13-72-12-10-21(3)59)46(66)53-23(5)45(65)55-30-8-6-24(14-34(30)75-50-43(64)41(62)42(63)44(76-50)48(68)69)18-74-51(71)56-31-9-7-25-22(4)29(52)16-32-36(25)37(31)27-17-58-33(39(27)54-32)15-26-28(47(58)67)19-73-49(70)40(26)61/h6,8,14-16,20,23,31,38,40-44,50,61-64H,7,9-13,17-19H2,1-5H3,(H,53,66)(H,55,65)(H,56,71)(H,57,60)(H,68,69)/t23-,31-,38-,40?,41-,42-,43+,44-,50+/m0/s1. The number of nitrogens with zero attached hydrogens (tertiary/aromatic N) is 2. The number of hydrogen-bond acceptors (Lipinski definition) is 18. The number of aryl methyl sites for hydroxylation is 1. The van der Waals surface area contributed by atoms with Gasteiger partial charge in [-0.15, -0.1) is 0 Å². The van der Waals surface area contributed by atoms with Crippen molar-refractivity contribution in [2.45, 2.75) is 135 Å². The third-order valence-electron chi connectivity index (χ3n) is 13.8. The number of ether oxygens (including phenoxy) is 5. The fourth-order valence-electron chi connectivity index (χ4n) is 9.58. The third kappa shape index (κ3) is 11.1. The molecule has 9 atom stereocenters. The average Bonchev–Trinajstić information content (AvgIpc) is 3.82. The Morgan fingerprint density at radius 3 is 2.37 bits per heavy atom. The first-order chi connectivity index (χ1) is 36.0. The van der Waals surface area contributed by atoms with Gasteiger partial charge in [-0.2, -0.15) is 0 Å². The number of aliphatic hydroxyl groups excluding tert-OH is 4. The summed E-state index contributed by atoms with van der Waals surface area (Å²) in [7, 11) is 0. The van der Waals surface area contributed by atoms with Crippen molar-refractivity contribution < 1.29 is 87.2 Å². The number of ketones is 1. The summed E-state index contributed by atoms with van der Waals surface area (Å²) >= 11 is 0. The fourth-order valence-corrected chi connectivity index (χ4v) is 9.58. The largest absolute Gasteiger partial charge is 0.479 e. The second-order valence-corrected chi connectivity index (χ2v) is 19.4. The first kappa shape index (κ1) is 54.8. The zero-order valence-corrected chi connectivity index (χ0v) is 41.8. The van der Waals surface area contributed by atoms with Gasteiger partial charge in [0.2, 0.25) is 24.0 Å². The van der Waals surface area contributed by atoms with Crippen molar-refractivity contribution in [2.75, 3.05) is 18.5 Å². The van der Waals surface area contributed by atoms with Crippen LogP contribution in [0, 0.1) is 18.7 Å². The van der Waals surface area contributed by atoms with Crippen LogP contribution in [0.15, 0.2) is 35.1 Å². The van der Waals surface area contributed by atoms with E-state index in [9.17, 15) is 63.9 Å². The molecule has 3 aliphatic heterocycles. The molecule has 2 aromatic carbocycles. The molecule has 25 heteroatoms. The van der Waals surface area contributed by atoms with Crippen LogP contribution < -0.4 is 31.6 Å². The summed E-state index contributed by atoms with van der Waals surface area (Å²) < 4.78 is 44.1. The average molecular weight is 1060 g/mol. The lowest BCUT2D eigenvalue weighted by Crippen LogP contribution is -2.61. The molecule has 4 aliphatic rings. The molecule has 8 rings (SSSR count). The predicted molar refractivity (Wildman–Crippen MR) is 259 cm³/mol. The van der Waals surface area contributed by atoms with E-state index in [1.807, 2.05) is 0 Å². The van der Waals surface area contributed by atoms with E-state index in [2.05, 4.69) is 21.3 Å². The Kier molecular flexibility index (Phi) is 16.2. The van der Waals surface area contributed by atoms with Gasteiger partial charge in [0, 0.05) is 35.4 Å². The second kappa shape index (κ2) is 22.4. The van der Waals surface area contributed by atoms with E-state index >= 15 is 4.39 Å². The number of benzene rings is 2. The highest BCUT2D eigenvalue weighted by Crippen LogP contribution is 2.45. The Morgan fingerprint density at radius 2 is 1.66 bits per heavy atom. The minimum Gasteiger partial charge on any atom is -0.479 e. The molecule has 1 saturated heterocycles. The molecule has 406 valence electrons. The zero-order chi connectivity index (χ0) is 55.0. The van der Waals surface area contributed by atoms with Gasteiger partial charge in [-0.05, 0) is 80.0 Å². The topological polar surface area (TPSA) is 350 Å². The number of hydrogen-bond donors (Lipinski definition) is 9. The molecule has 1 fully saturated rings. The smallest absolute Gasteiger partial charge is 0.407 e. The fraction of sp³-hybridized carbons (Fsp3) is 0.471. The van der Waals surface area contributed by atoms with E-state index in [1.165, 1.54) is 48.7 Å². The van der Waals surface area contributed by atoms with Gasteiger partial charge < -0.3 is 75.1 Å². The van der Waals surface area contributed by atoms with E-state index in [0.717, 1.165) is 0 Å². The maximum Gasteiger partial charge on any atom is 0.407 e. The van der Waals surface area contributed by atoms with Crippen molar-refractivity contribution in [1.29, 1.82) is 0 Å². The molecule has 1 unspecified atom stereocenters. The van der Waals surface area contributed by atoms with Crippen LogP contribution in [0.2, 0.25) is 0 Å². The van der Waals surface area contributed by atoms with Crippen molar-refractivity contribution >= 4 is 58.1 Å². The number of amides is 4. The highest BCUT2D eigenvalue weighted by atomic mass is 19.1. The number of fused-ring (bicyclic) bond motifs is 5. The third-order valence-corrected chi connectivity index (χ3v) is 13.8. The number of rotatable bonds is 18. The molecule has 76 heavy (non-hydrogen) atoms. The summed E-state index contributed by atoms with van der Waals surface area (Å²) in [5.41, 5.74) is 2.64. The first-order valence-electron chi connectivity index (χ1n) is 24.4. The van der Waals surface area contributed by atoms with E-state index in [1.54, 1.807) is 20.8 Å². The Labute approximate surface area is 431 Å². The summed E-state index contributed by atoms with van der Waals surface area (Å²) in [5, 5.41) is 63.2. The van der Waals surface area contributed by atoms with Crippen molar-refractivity contribution in [1.82, 2.24) is 25.5 Å². The van der Waals surface area contributed by atoms with Gasteiger partial charge in [-0.1, -0.05) is 19.9 Å². The van der Waals surface area contributed by atoms with E-state index in [4.69, 9.17) is 28.7 Å². The molecule has 5 heterocycles. The number of nitrogens with one attached hydrogen (secondary N) is 4. The number of alkyl carbamates (subject to hydrolysis) is 1. The van der Waals surface area contributed by atoms with Crippen molar-refractivity contribution in [3.8, 4) is 17.1 Å². The number of carbonyl (C=O) groups is 7. The summed E-state index contributed by atoms with van der Waals surface area (Å²) in [6, 6.07) is 3.61. The number of anilines is 1. The summed E-state index contributed by atoms with van der Waals surface area (Å²) in [5.74, 6) is -5.99. The maximum absolute atomic E-state index is 15.4. The van der Waals surface area contributed by atoms with Crippen molar-refractivity contribution in [3.63, 3.8) is 0 Å². The van der Waals surface area contributed by atoms with Gasteiger partial charge in [-0.3, -0.25) is 24.0 Å². The number of pyridine rings is 2. The molecule has 0 spiro atoms. The van der Waals surface area contributed by atoms with Crippen LogP contribution in [0.5, 0.6) is 5.75 Å². The molecule has 9 N–H and O–H groups in total. The molecule has 4 amide bonds. The van der Waals surface area contributed by atoms with E-state index in [0.29, 0.717) is 34.1 Å². The number of carbonyl (C=O) groups excluding carboxylic acids is 6. The molecule has 0 radical (unpaired) electrons. The number of aliphatic carboxylic acids is 1. The molecule has 24 nitrogen and oxygen atoms in total. The summed E-state index contributed by atoms with van der Waals surface area (Å²) in [6.45, 7) is 7.05. The molecule has 0 saturated carbocycles. The van der Waals surface area contributed by atoms with Crippen LogP contribution in [0.25, 0.3) is 22.3 Å². The molecular formula is C51H57FN6O18.